The maximum atomic E-state index is 12.6. The zero-order chi connectivity index (χ0) is 14.4. The molecular weight excluding hydrogens is 260 g/mol. The molecule has 0 spiro atoms. The Kier molecular flexibility index (Phi) is 2.45. The number of carbonyl (C=O) groups is 1. The van der Waals surface area contributed by atoms with Gasteiger partial charge in [0.05, 0.1) is 5.57 Å². The molecule has 0 bridgehead atoms. The number of hydrogen-bond donors (Lipinski definition) is 1. The molecule has 0 aromatic heterocycles. The van der Waals surface area contributed by atoms with Gasteiger partial charge in [-0.2, -0.15) is 0 Å². The molecule has 0 amide bonds. The second-order valence-electron chi connectivity index (χ2n) is 5.13. The summed E-state index contributed by atoms with van der Waals surface area (Å²) in [6, 6.07) is 20.9. The normalized spacial score (nSPS) is 13.8. The van der Waals surface area contributed by atoms with Gasteiger partial charge in [0.2, 0.25) is 0 Å². The van der Waals surface area contributed by atoms with Crippen molar-refractivity contribution in [1.29, 1.82) is 0 Å². The summed E-state index contributed by atoms with van der Waals surface area (Å²) in [6.07, 6.45) is 0. The minimum atomic E-state index is -0.112. The van der Waals surface area contributed by atoms with E-state index in [-0.39, 0.29) is 11.5 Å². The van der Waals surface area contributed by atoms with Crippen molar-refractivity contribution >= 4 is 27.9 Å². The SMILES string of the molecule is O=C1C(c2cccc3ccccc23)=C(O)c2ccccc21. The first kappa shape index (κ1) is 11.9. The molecular formula is C19H12O2. The lowest BCUT2D eigenvalue weighted by Gasteiger charge is -2.07. The van der Waals surface area contributed by atoms with E-state index >= 15 is 0 Å². The summed E-state index contributed by atoms with van der Waals surface area (Å²) in [5.41, 5.74) is 2.36. The lowest BCUT2D eigenvalue weighted by Crippen LogP contribution is -1.98. The quantitative estimate of drug-likeness (QED) is 0.710. The Bertz CT molecular complexity index is 914. The molecule has 100 valence electrons. The standard InChI is InChI=1S/C19H12O2/c20-18-15-9-3-4-10-16(15)19(21)17(18)14-11-5-7-12-6-1-2-8-13(12)14/h1-11,20H. The highest BCUT2D eigenvalue weighted by atomic mass is 16.3. The summed E-state index contributed by atoms with van der Waals surface area (Å²) in [5.74, 6) is -0.0357. The van der Waals surface area contributed by atoms with Crippen LogP contribution in [0.2, 0.25) is 0 Å². The Hall–Kier alpha value is -2.87. The minimum Gasteiger partial charge on any atom is -0.507 e. The van der Waals surface area contributed by atoms with E-state index in [2.05, 4.69) is 0 Å². The summed E-state index contributed by atoms with van der Waals surface area (Å²) < 4.78 is 0. The van der Waals surface area contributed by atoms with Crippen molar-refractivity contribution in [2.75, 3.05) is 0 Å². The number of rotatable bonds is 1. The van der Waals surface area contributed by atoms with Gasteiger partial charge in [-0.25, -0.2) is 0 Å². The number of aliphatic hydroxyl groups excluding tert-OH is 1. The first-order chi connectivity index (χ1) is 10.3. The van der Waals surface area contributed by atoms with E-state index in [1.807, 2.05) is 54.6 Å². The van der Waals surface area contributed by atoms with Crippen molar-refractivity contribution in [3.8, 4) is 0 Å². The molecule has 2 heteroatoms. The fourth-order valence-electron chi connectivity index (χ4n) is 2.96. The zero-order valence-corrected chi connectivity index (χ0v) is 11.2. The third kappa shape index (κ3) is 1.62. The average Bonchev–Trinajstić information content (AvgIpc) is 2.79. The molecule has 4 rings (SSSR count). The number of hydrogen-bond acceptors (Lipinski definition) is 2. The van der Waals surface area contributed by atoms with Crippen molar-refractivity contribution in [2.45, 2.75) is 0 Å². The number of ketones is 1. The third-order valence-corrected chi connectivity index (χ3v) is 3.95. The van der Waals surface area contributed by atoms with E-state index in [1.54, 1.807) is 12.1 Å². The Morgan fingerprint density at radius 3 is 2.10 bits per heavy atom. The zero-order valence-electron chi connectivity index (χ0n) is 11.2. The third-order valence-electron chi connectivity index (χ3n) is 3.95. The van der Waals surface area contributed by atoms with Crippen molar-refractivity contribution < 1.29 is 9.90 Å². The van der Waals surface area contributed by atoms with Crippen LogP contribution < -0.4 is 0 Å². The van der Waals surface area contributed by atoms with Gasteiger partial charge in [-0.15, -0.1) is 0 Å². The molecule has 0 heterocycles. The topological polar surface area (TPSA) is 37.3 Å². The number of fused-ring (bicyclic) bond motifs is 2. The second kappa shape index (κ2) is 4.32. The molecule has 3 aromatic carbocycles. The maximum absolute atomic E-state index is 12.6. The maximum Gasteiger partial charge on any atom is 0.198 e. The predicted octanol–water partition coefficient (Wildman–Crippen LogP) is 4.46. The number of benzene rings is 3. The van der Waals surface area contributed by atoms with Crippen LogP contribution in [0.15, 0.2) is 66.7 Å². The van der Waals surface area contributed by atoms with E-state index in [0.29, 0.717) is 16.7 Å². The van der Waals surface area contributed by atoms with Gasteiger partial charge in [0, 0.05) is 11.1 Å². The van der Waals surface area contributed by atoms with Crippen molar-refractivity contribution in [3.05, 3.63) is 83.4 Å². The Morgan fingerprint density at radius 1 is 0.667 bits per heavy atom. The molecule has 1 aliphatic carbocycles. The monoisotopic (exact) mass is 272 g/mol. The van der Waals surface area contributed by atoms with Crippen molar-refractivity contribution in [3.63, 3.8) is 0 Å². The molecule has 2 nitrogen and oxygen atoms in total. The van der Waals surface area contributed by atoms with Gasteiger partial charge in [-0.1, -0.05) is 66.7 Å². The minimum absolute atomic E-state index is 0.0759. The van der Waals surface area contributed by atoms with Gasteiger partial charge in [0.1, 0.15) is 5.76 Å². The van der Waals surface area contributed by atoms with E-state index in [1.165, 1.54) is 0 Å². The fraction of sp³-hybridized carbons (Fsp3) is 0. The predicted molar refractivity (Wildman–Crippen MR) is 84.2 cm³/mol. The van der Waals surface area contributed by atoms with Crippen LogP contribution in [-0.4, -0.2) is 10.9 Å². The van der Waals surface area contributed by atoms with E-state index in [9.17, 15) is 9.90 Å². The Morgan fingerprint density at radius 2 is 1.29 bits per heavy atom. The van der Waals surface area contributed by atoms with Crippen LogP contribution in [0.25, 0.3) is 22.1 Å². The van der Waals surface area contributed by atoms with Gasteiger partial charge in [0.15, 0.2) is 5.78 Å². The van der Waals surface area contributed by atoms with Crippen LogP contribution in [0, 0.1) is 0 Å². The number of allylic oxidation sites excluding steroid dienone is 1. The molecule has 0 fully saturated rings. The summed E-state index contributed by atoms with van der Waals surface area (Å²) in [5, 5.41) is 12.5. The summed E-state index contributed by atoms with van der Waals surface area (Å²) >= 11 is 0. The first-order valence-electron chi connectivity index (χ1n) is 6.83. The van der Waals surface area contributed by atoms with Gasteiger partial charge in [-0.3, -0.25) is 4.79 Å². The van der Waals surface area contributed by atoms with Crippen LogP contribution in [0.3, 0.4) is 0 Å². The number of carbonyl (C=O) groups excluding carboxylic acids is 1. The van der Waals surface area contributed by atoms with Gasteiger partial charge in [-0.05, 0) is 16.3 Å². The van der Waals surface area contributed by atoms with Crippen molar-refractivity contribution in [1.82, 2.24) is 0 Å². The molecule has 0 saturated heterocycles. The lowest BCUT2D eigenvalue weighted by atomic mass is 9.96. The van der Waals surface area contributed by atoms with E-state index in [0.717, 1.165) is 16.3 Å². The van der Waals surface area contributed by atoms with Crippen molar-refractivity contribution in [2.24, 2.45) is 0 Å². The molecule has 1 N–H and O–H groups in total. The van der Waals surface area contributed by atoms with Crippen LogP contribution in [0.1, 0.15) is 21.5 Å². The highest BCUT2D eigenvalue weighted by molar-refractivity contribution is 6.40. The molecule has 1 aliphatic rings. The van der Waals surface area contributed by atoms with Crippen LogP contribution in [-0.2, 0) is 0 Å². The number of aliphatic hydroxyl groups is 1. The van der Waals surface area contributed by atoms with Gasteiger partial charge >= 0.3 is 0 Å². The molecule has 0 unspecified atom stereocenters. The largest absolute Gasteiger partial charge is 0.507 e. The molecule has 0 atom stereocenters. The fourth-order valence-corrected chi connectivity index (χ4v) is 2.96. The summed E-state index contributed by atoms with van der Waals surface area (Å²) in [4.78, 5) is 12.6. The molecule has 0 radical (unpaired) electrons. The summed E-state index contributed by atoms with van der Waals surface area (Å²) in [6.45, 7) is 0. The summed E-state index contributed by atoms with van der Waals surface area (Å²) in [7, 11) is 0. The number of Topliss-reactive ketones (excluding diaryl/α,β-unsaturated/α-hetero) is 1. The van der Waals surface area contributed by atoms with E-state index < -0.39 is 0 Å². The smallest absolute Gasteiger partial charge is 0.198 e. The van der Waals surface area contributed by atoms with Crippen LogP contribution in [0.5, 0.6) is 0 Å². The Labute approximate surface area is 122 Å². The average molecular weight is 272 g/mol. The molecule has 0 saturated carbocycles. The van der Waals surface area contributed by atoms with Gasteiger partial charge < -0.3 is 5.11 Å². The highest BCUT2D eigenvalue weighted by Crippen LogP contribution is 2.38. The molecule has 21 heavy (non-hydrogen) atoms. The first-order valence-corrected chi connectivity index (χ1v) is 6.83. The molecule has 0 aliphatic heterocycles. The van der Waals surface area contributed by atoms with Crippen LogP contribution >= 0.6 is 0 Å². The second-order valence-corrected chi connectivity index (χ2v) is 5.13. The van der Waals surface area contributed by atoms with E-state index in [4.69, 9.17) is 0 Å². The molecule has 3 aromatic rings. The lowest BCUT2D eigenvalue weighted by molar-refractivity contribution is 0.105. The van der Waals surface area contributed by atoms with Gasteiger partial charge in [0.25, 0.3) is 0 Å². The highest BCUT2D eigenvalue weighted by Gasteiger charge is 2.30. The van der Waals surface area contributed by atoms with Crippen LogP contribution in [0.4, 0.5) is 0 Å². The Balaban J connectivity index is 2.03.